The standard InChI is InChI=1S/C10H11N3O2/c11-5-7-2-1-3-8(4-7)15-6-9(12)10(13)14/h1-4,9H,6,12H2,(H2,13,14). The SMILES string of the molecule is N#Cc1cccc(OCC(N)C(N)=O)c1. The normalized spacial score (nSPS) is 11.5. The van der Waals surface area contributed by atoms with Crippen LogP contribution < -0.4 is 16.2 Å². The summed E-state index contributed by atoms with van der Waals surface area (Å²) < 4.78 is 5.19. The maximum Gasteiger partial charge on any atom is 0.237 e. The van der Waals surface area contributed by atoms with Crippen LogP contribution in [0.1, 0.15) is 5.56 Å². The van der Waals surface area contributed by atoms with E-state index in [0.717, 1.165) is 0 Å². The number of hydrogen-bond donors (Lipinski definition) is 2. The number of nitriles is 1. The Morgan fingerprint density at radius 3 is 2.93 bits per heavy atom. The predicted molar refractivity (Wildman–Crippen MR) is 53.8 cm³/mol. The Labute approximate surface area is 87.2 Å². The third-order valence-electron chi connectivity index (χ3n) is 1.76. The van der Waals surface area contributed by atoms with Gasteiger partial charge in [-0.1, -0.05) is 6.07 Å². The highest BCUT2D eigenvalue weighted by Crippen LogP contribution is 2.12. The van der Waals surface area contributed by atoms with Crippen LogP contribution >= 0.6 is 0 Å². The summed E-state index contributed by atoms with van der Waals surface area (Å²) in [6.07, 6.45) is 0. The molecule has 0 bridgehead atoms. The van der Waals surface area contributed by atoms with Gasteiger partial charge < -0.3 is 16.2 Å². The highest BCUT2D eigenvalue weighted by molar-refractivity contribution is 5.79. The molecule has 15 heavy (non-hydrogen) atoms. The van der Waals surface area contributed by atoms with Crippen molar-refractivity contribution < 1.29 is 9.53 Å². The molecule has 0 spiro atoms. The van der Waals surface area contributed by atoms with Crippen molar-refractivity contribution in [1.82, 2.24) is 0 Å². The Morgan fingerprint density at radius 1 is 1.60 bits per heavy atom. The van der Waals surface area contributed by atoms with Crippen molar-refractivity contribution in [3.05, 3.63) is 29.8 Å². The molecule has 0 aliphatic carbocycles. The van der Waals surface area contributed by atoms with Gasteiger partial charge >= 0.3 is 0 Å². The molecule has 78 valence electrons. The Balaban J connectivity index is 2.58. The van der Waals surface area contributed by atoms with E-state index in [9.17, 15) is 4.79 Å². The molecule has 5 nitrogen and oxygen atoms in total. The summed E-state index contributed by atoms with van der Waals surface area (Å²) in [5.41, 5.74) is 10.8. The molecule has 0 aromatic heterocycles. The first-order valence-corrected chi connectivity index (χ1v) is 4.31. The minimum atomic E-state index is -0.837. The number of nitrogens with zero attached hydrogens (tertiary/aromatic N) is 1. The van der Waals surface area contributed by atoms with Crippen LogP contribution in [0.2, 0.25) is 0 Å². The zero-order valence-electron chi connectivity index (χ0n) is 8.01. The first-order valence-electron chi connectivity index (χ1n) is 4.31. The van der Waals surface area contributed by atoms with E-state index in [4.69, 9.17) is 21.5 Å². The molecule has 1 rings (SSSR count). The lowest BCUT2D eigenvalue weighted by atomic mass is 10.2. The largest absolute Gasteiger partial charge is 0.491 e. The van der Waals surface area contributed by atoms with Gasteiger partial charge in [-0.3, -0.25) is 4.79 Å². The minimum Gasteiger partial charge on any atom is -0.491 e. The average molecular weight is 205 g/mol. The van der Waals surface area contributed by atoms with E-state index in [-0.39, 0.29) is 6.61 Å². The second-order valence-corrected chi connectivity index (χ2v) is 2.96. The molecule has 0 fully saturated rings. The third-order valence-corrected chi connectivity index (χ3v) is 1.76. The van der Waals surface area contributed by atoms with Crippen LogP contribution in [0.3, 0.4) is 0 Å². The number of rotatable bonds is 4. The van der Waals surface area contributed by atoms with Crippen molar-refractivity contribution in [1.29, 1.82) is 5.26 Å². The minimum absolute atomic E-state index is 0.00418. The van der Waals surface area contributed by atoms with E-state index in [1.165, 1.54) is 0 Å². The molecule has 0 saturated carbocycles. The van der Waals surface area contributed by atoms with E-state index in [0.29, 0.717) is 11.3 Å². The fraction of sp³-hybridized carbons (Fsp3) is 0.200. The molecule has 0 radical (unpaired) electrons. The zero-order valence-corrected chi connectivity index (χ0v) is 8.01. The van der Waals surface area contributed by atoms with Gasteiger partial charge in [-0.15, -0.1) is 0 Å². The monoisotopic (exact) mass is 205 g/mol. The summed E-state index contributed by atoms with van der Waals surface area (Å²) in [5, 5.41) is 8.62. The topological polar surface area (TPSA) is 102 Å². The van der Waals surface area contributed by atoms with Gasteiger partial charge in [0.05, 0.1) is 11.6 Å². The summed E-state index contributed by atoms with van der Waals surface area (Å²) in [6.45, 7) is 0.00418. The van der Waals surface area contributed by atoms with E-state index in [1.807, 2.05) is 6.07 Å². The summed E-state index contributed by atoms with van der Waals surface area (Å²) in [4.78, 5) is 10.6. The fourth-order valence-corrected chi connectivity index (χ4v) is 0.924. The average Bonchev–Trinajstić information content (AvgIpc) is 2.26. The van der Waals surface area contributed by atoms with Crippen molar-refractivity contribution in [3.63, 3.8) is 0 Å². The van der Waals surface area contributed by atoms with Crippen molar-refractivity contribution >= 4 is 5.91 Å². The second-order valence-electron chi connectivity index (χ2n) is 2.96. The molecule has 1 unspecified atom stereocenters. The van der Waals surface area contributed by atoms with Gasteiger partial charge in [-0.25, -0.2) is 0 Å². The van der Waals surface area contributed by atoms with Crippen LogP contribution in [0.4, 0.5) is 0 Å². The van der Waals surface area contributed by atoms with Gasteiger partial charge in [-0.2, -0.15) is 5.26 Å². The Morgan fingerprint density at radius 2 is 2.33 bits per heavy atom. The number of hydrogen-bond acceptors (Lipinski definition) is 4. The summed E-state index contributed by atoms with van der Waals surface area (Å²) in [5.74, 6) is -0.128. The molecule has 4 N–H and O–H groups in total. The van der Waals surface area contributed by atoms with E-state index in [1.54, 1.807) is 24.3 Å². The Kier molecular flexibility index (Phi) is 3.66. The summed E-state index contributed by atoms with van der Waals surface area (Å²) >= 11 is 0. The number of primary amides is 1. The van der Waals surface area contributed by atoms with E-state index in [2.05, 4.69) is 0 Å². The predicted octanol–water partition coefficient (Wildman–Crippen LogP) is -0.250. The third kappa shape index (κ3) is 3.29. The number of nitrogens with two attached hydrogens (primary N) is 2. The van der Waals surface area contributed by atoms with E-state index < -0.39 is 11.9 Å². The smallest absolute Gasteiger partial charge is 0.237 e. The summed E-state index contributed by atoms with van der Waals surface area (Å²) in [7, 11) is 0. The van der Waals surface area contributed by atoms with Crippen LogP contribution in [0.25, 0.3) is 0 Å². The van der Waals surface area contributed by atoms with Crippen molar-refractivity contribution in [2.45, 2.75) is 6.04 Å². The second kappa shape index (κ2) is 4.98. The van der Waals surface area contributed by atoms with Crippen LogP contribution in [-0.2, 0) is 4.79 Å². The molecule has 1 atom stereocenters. The maximum absolute atomic E-state index is 10.6. The molecular weight excluding hydrogens is 194 g/mol. The number of benzene rings is 1. The zero-order chi connectivity index (χ0) is 11.3. The van der Waals surface area contributed by atoms with Crippen LogP contribution in [0.5, 0.6) is 5.75 Å². The highest BCUT2D eigenvalue weighted by atomic mass is 16.5. The lowest BCUT2D eigenvalue weighted by Gasteiger charge is -2.09. The lowest BCUT2D eigenvalue weighted by molar-refractivity contribution is -0.119. The lowest BCUT2D eigenvalue weighted by Crippen LogP contribution is -2.41. The number of ether oxygens (including phenoxy) is 1. The van der Waals surface area contributed by atoms with Gasteiger partial charge in [0.2, 0.25) is 5.91 Å². The molecule has 1 aromatic rings. The quantitative estimate of drug-likeness (QED) is 0.707. The number of carbonyl (C=O) groups is 1. The fourth-order valence-electron chi connectivity index (χ4n) is 0.924. The molecule has 1 amide bonds. The maximum atomic E-state index is 10.6. The molecular formula is C10H11N3O2. The molecule has 0 heterocycles. The van der Waals surface area contributed by atoms with Crippen LogP contribution in [0.15, 0.2) is 24.3 Å². The van der Waals surface area contributed by atoms with Gasteiger partial charge in [0.1, 0.15) is 18.4 Å². The van der Waals surface area contributed by atoms with Crippen molar-refractivity contribution in [2.75, 3.05) is 6.61 Å². The first-order chi connectivity index (χ1) is 7.13. The van der Waals surface area contributed by atoms with E-state index >= 15 is 0 Å². The number of carbonyl (C=O) groups excluding carboxylic acids is 1. The molecule has 5 heteroatoms. The molecule has 0 aliphatic rings. The van der Waals surface area contributed by atoms with Gasteiger partial charge in [0.25, 0.3) is 0 Å². The van der Waals surface area contributed by atoms with Gasteiger partial charge in [0.15, 0.2) is 0 Å². The first kappa shape index (κ1) is 11.0. The molecule has 0 aliphatic heterocycles. The Bertz CT molecular complexity index is 398. The highest BCUT2D eigenvalue weighted by Gasteiger charge is 2.09. The molecule has 0 saturated heterocycles. The van der Waals surface area contributed by atoms with Gasteiger partial charge in [0, 0.05) is 0 Å². The van der Waals surface area contributed by atoms with Crippen molar-refractivity contribution in [2.24, 2.45) is 11.5 Å². The summed E-state index contributed by atoms with van der Waals surface area (Å²) in [6, 6.07) is 7.71. The Hall–Kier alpha value is -2.06. The van der Waals surface area contributed by atoms with Gasteiger partial charge in [-0.05, 0) is 18.2 Å². The number of amides is 1. The van der Waals surface area contributed by atoms with Crippen molar-refractivity contribution in [3.8, 4) is 11.8 Å². The van der Waals surface area contributed by atoms with Crippen LogP contribution in [0, 0.1) is 11.3 Å². The van der Waals surface area contributed by atoms with Crippen LogP contribution in [-0.4, -0.2) is 18.6 Å². The molecule has 1 aromatic carbocycles.